The van der Waals surface area contributed by atoms with Crippen molar-refractivity contribution in [1.82, 2.24) is 10.3 Å². The number of pyridine rings is 1. The lowest BCUT2D eigenvalue weighted by Crippen LogP contribution is -2.44. The predicted octanol–water partition coefficient (Wildman–Crippen LogP) is 1.55. The van der Waals surface area contributed by atoms with Crippen LogP contribution in [0.2, 0.25) is 0 Å². The number of benzene rings is 1. The van der Waals surface area contributed by atoms with Crippen LogP contribution in [0, 0.1) is 0 Å². The molecule has 0 radical (unpaired) electrons. The Labute approximate surface area is 138 Å². The minimum Gasteiger partial charge on any atom is -0.481 e. The Kier molecular flexibility index (Phi) is 4.93. The van der Waals surface area contributed by atoms with E-state index in [-0.39, 0.29) is 17.8 Å². The van der Waals surface area contributed by atoms with Crippen LogP contribution in [0.1, 0.15) is 33.3 Å². The third kappa shape index (κ3) is 3.57. The topological polar surface area (TPSA) is 117 Å². The normalized spacial score (nSPS) is 12.9. The van der Waals surface area contributed by atoms with Gasteiger partial charge in [-0.05, 0) is 24.6 Å². The number of carboxylic acids is 2. The summed E-state index contributed by atoms with van der Waals surface area (Å²) in [5, 5.41) is 20.9. The van der Waals surface area contributed by atoms with Gasteiger partial charge in [0.05, 0.1) is 5.56 Å². The molecule has 7 nitrogen and oxygen atoms in total. The molecule has 1 amide bonds. The molecule has 124 valence electrons. The van der Waals surface area contributed by atoms with E-state index in [1.165, 1.54) is 19.1 Å². The summed E-state index contributed by atoms with van der Waals surface area (Å²) < 4.78 is 0. The molecule has 0 fully saturated rings. The van der Waals surface area contributed by atoms with Crippen molar-refractivity contribution in [2.24, 2.45) is 0 Å². The maximum atomic E-state index is 12.1. The van der Waals surface area contributed by atoms with Crippen molar-refractivity contribution in [1.29, 1.82) is 0 Å². The van der Waals surface area contributed by atoms with E-state index in [0.29, 0.717) is 5.56 Å². The first-order valence-corrected chi connectivity index (χ1v) is 7.11. The molecule has 0 aliphatic rings. The number of amides is 1. The van der Waals surface area contributed by atoms with Gasteiger partial charge in [-0.1, -0.05) is 30.3 Å². The van der Waals surface area contributed by atoms with Gasteiger partial charge >= 0.3 is 11.9 Å². The number of carbonyl (C=O) groups excluding carboxylic acids is 1. The van der Waals surface area contributed by atoms with Gasteiger partial charge in [0.2, 0.25) is 0 Å². The third-order valence-electron chi connectivity index (χ3n) is 3.73. The molecule has 3 N–H and O–H groups in total. The third-order valence-corrected chi connectivity index (χ3v) is 3.73. The molecule has 2 rings (SSSR count). The number of aliphatic carboxylic acids is 1. The Morgan fingerprint density at radius 3 is 2.25 bits per heavy atom. The highest BCUT2D eigenvalue weighted by molar-refractivity contribution is 5.94. The predicted molar refractivity (Wildman–Crippen MR) is 85.0 cm³/mol. The van der Waals surface area contributed by atoms with Crippen molar-refractivity contribution in [3.05, 3.63) is 65.5 Å². The molecule has 0 aliphatic heterocycles. The molecule has 1 heterocycles. The SMILES string of the molecule is CC(CNC(=O)c1ccc(C(=O)O)cn1)(C(=O)O)c1ccccc1. The van der Waals surface area contributed by atoms with E-state index >= 15 is 0 Å². The van der Waals surface area contributed by atoms with E-state index in [4.69, 9.17) is 5.11 Å². The quantitative estimate of drug-likeness (QED) is 0.741. The lowest BCUT2D eigenvalue weighted by Gasteiger charge is -2.25. The number of carboxylic acid groups (broad SMARTS) is 2. The van der Waals surface area contributed by atoms with Crippen LogP contribution >= 0.6 is 0 Å². The van der Waals surface area contributed by atoms with Crippen molar-refractivity contribution >= 4 is 17.8 Å². The smallest absolute Gasteiger partial charge is 0.337 e. The van der Waals surface area contributed by atoms with Gasteiger partial charge in [0, 0.05) is 12.7 Å². The van der Waals surface area contributed by atoms with E-state index in [9.17, 15) is 19.5 Å². The molecule has 0 spiro atoms. The molecule has 7 heteroatoms. The maximum absolute atomic E-state index is 12.1. The van der Waals surface area contributed by atoms with Crippen LogP contribution < -0.4 is 5.32 Å². The molecule has 0 aliphatic carbocycles. The summed E-state index contributed by atoms with van der Waals surface area (Å²) in [6.45, 7) is 1.39. The fourth-order valence-corrected chi connectivity index (χ4v) is 2.11. The van der Waals surface area contributed by atoms with Gasteiger partial charge in [-0.3, -0.25) is 14.6 Å². The number of nitrogens with one attached hydrogen (secondary N) is 1. The summed E-state index contributed by atoms with van der Waals surface area (Å²) in [6, 6.07) is 11.1. The Bertz CT molecular complexity index is 758. The average molecular weight is 328 g/mol. The first-order valence-electron chi connectivity index (χ1n) is 7.11. The summed E-state index contributed by atoms with van der Waals surface area (Å²) in [5.41, 5.74) is -0.753. The van der Waals surface area contributed by atoms with E-state index in [1.54, 1.807) is 30.3 Å². The first-order chi connectivity index (χ1) is 11.3. The Hall–Kier alpha value is -3.22. The Balaban J connectivity index is 2.13. The van der Waals surface area contributed by atoms with Crippen LogP contribution in [-0.4, -0.2) is 39.6 Å². The van der Waals surface area contributed by atoms with Gasteiger partial charge in [-0.25, -0.2) is 4.79 Å². The highest BCUT2D eigenvalue weighted by Crippen LogP contribution is 2.23. The molecule has 2 aromatic rings. The van der Waals surface area contributed by atoms with Crippen molar-refractivity contribution in [2.45, 2.75) is 12.3 Å². The summed E-state index contributed by atoms with van der Waals surface area (Å²) in [6.07, 6.45) is 1.07. The van der Waals surface area contributed by atoms with Gasteiger partial charge in [-0.2, -0.15) is 0 Å². The molecule has 0 bridgehead atoms. The van der Waals surface area contributed by atoms with E-state index in [2.05, 4.69) is 10.3 Å². The summed E-state index contributed by atoms with van der Waals surface area (Å²) in [7, 11) is 0. The molecule has 0 saturated heterocycles. The second-order valence-electron chi connectivity index (χ2n) is 5.42. The standard InChI is InChI=1S/C17H16N2O5/c1-17(16(23)24,12-5-3-2-4-6-12)10-19-14(20)13-8-7-11(9-18-13)15(21)22/h2-9H,10H2,1H3,(H,19,20)(H,21,22)(H,23,24). The fraction of sp³-hybridized carbons (Fsp3) is 0.176. The van der Waals surface area contributed by atoms with Gasteiger partial charge in [0.15, 0.2) is 0 Å². The van der Waals surface area contributed by atoms with E-state index in [1.807, 2.05) is 0 Å². The highest BCUT2D eigenvalue weighted by Gasteiger charge is 2.35. The molecular formula is C17H16N2O5. The fourth-order valence-electron chi connectivity index (χ4n) is 2.11. The van der Waals surface area contributed by atoms with Gasteiger partial charge < -0.3 is 15.5 Å². The second-order valence-corrected chi connectivity index (χ2v) is 5.42. The van der Waals surface area contributed by atoms with Crippen molar-refractivity contribution in [2.75, 3.05) is 6.54 Å². The molecule has 0 saturated carbocycles. The summed E-state index contributed by atoms with van der Waals surface area (Å²) in [4.78, 5) is 38.3. The van der Waals surface area contributed by atoms with Crippen molar-refractivity contribution in [3.63, 3.8) is 0 Å². The van der Waals surface area contributed by atoms with E-state index in [0.717, 1.165) is 6.20 Å². The van der Waals surface area contributed by atoms with Crippen LogP contribution in [0.4, 0.5) is 0 Å². The average Bonchev–Trinajstić information content (AvgIpc) is 2.60. The zero-order chi connectivity index (χ0) is 17.7. The molecular weight excluding hydrogens is 312 g/mol. The highest BCUT2D eigenvalue weighted by atomic mass is 16.4. The molecule has 1 unspecified atom stereocenters. The van der Waals surface area contributed by atoms with Crippen LogP contribution in [0.15, 0.2) is 48.7 Å². The minimum absolute atomic E-state index is 0.0146. The number of carbonyl (C=O) groups is 3. The lowest BCUT2D eigenvalue weighted by atomic mass is 9.82. The van der Waals surface area contributed by atoms with Crippen molar-refractivity contribution in [3.8, 4) is 0 Å². The number of hydrogen-bond donors (Lipinski definition) is 3. The zero-order valence-corrected chi connectivity index (χ0v) is 12.9. The van der Waals surface area contributed by atoms with Crippen LogP contribution in [-0.2, 0) is 10.2 Å². The van der Waals surface area contributed by atoms with Crippen molar-refractivity contribution < 1.29 is 24.6 Å². The molecule has 1 aromatic heterocycles. The van der Waals surface area contributed by atoms with Gasteiger partial charge in [0.25, 0.3) is 5.91 Å². The zero-order valence-electron chi connectivity index (χ0n) is 12.9. The number of aromatic carboxylic acids is 1. The summed E-state index contributed by atoms with van der Waals surface area (Å²) >= 11 is 0. The number of hydrogen-bond acceptors (Lipinski definition) is 4. The number of aromatic nitrogens is 1. The van der Waals surface area contributed by atoms with Gasteiger partial charge in [0.1, 0.15) is 11.1 Å². The Morgan fingerprint density at radius 1 is 1.08 bits per heavy atom. The largest absolute Gasteiger partial charge is 0.481 e. The number of rotatable bonds is 6. The van der Waals surface area contributed by atoms with Crippen LogP contribution in [0.5, 0.6) is 0 Å². The second kappa shape index (κ2) is 6.91. The monoisotopic (exact) mass is 328 g/mol. The van der Waals surface area contributed by atoms with Crippen LogP contribution in [0.25, 0.3) is 0 Å². The first kappa shape index (κ1) is 17.1. The molecule has 1 atom stereocenters. The minimum atomic E-state index is -1.29. The lowest BCUT2D eigenvalue weighted by molar-refractivity contribution is -0.142. The van der Waals surface area contributed by atoms with E-state index < -0.39 is 23.3 Å². The number of nitrogens with zero attached hydrogens (tertiary/aromatic N) is 1. The summed E-state index contributed by atoms with van der Waals surface area (Å²) in [5.74, 6) is -2.78. The maximum Gasteiger partial charge on any atom is 0.337 e. The Morgan fingerprint density at radius 2 is 1.75 bits per heavy atom. The van der Waals surface area contributed by atoms with Crippen LogP contribution in [0.3, 0.4) is 0 Å². The van der Waals surface area contributed by atoms with Gasteiger partial charge in [-0.15, -0.1) is 0 Å². The molecule has 24 heavy (non-hydrogen) atoms. The molecule has 1 aromatic carbocycles.